The molecule has 8 unspecified atom stereocenters. The van der Waals surface area contributed by atoms with Crippen molar-refractivity contribution in [1.82, 2.24) is 0 Å². The fourth-order valence-corrected chi connectivity index (χ4v) is 1.34. The van der Waals surface area contributed by atoms with Crippen LogP contribution in [0.1, 0.15) is 0 Å². The molecule has 0 amide bonds. The van der Waals surface area contributed by atoms with Crippen molar-refractivity contribution in [1.29, 1.82) is 0 Å². The molecule has 0 aromatic heterocycles. The second kappa shape index (κ2) is 15.0. The maximum Gasteiger partial charge on any atom is 0.335 e. The topological polar surface area (TPSA) is 277 Å². The van der Waals surface area contributed by atoms with E-state index in [4.69, 9.17) is 61.3 Å². The summed E-state index contributed by atoms with van der Waals surface area (Å²) in [6.45, 7) is -1.69. The largest absolute Gasteiger partial charge is 0.479 e. The van der Waals surface area contributed by atoms with Crippen molar-refractivity contribution in [3.63, 3.8) is 0 Å². The maximum absolute atomic E-state index is 10.1. The van der Waals surface area contributed by atoms with Gasteiger partial charge in [-0.25, -0.2) is 9.59 Å². The Morgan fingerprint density at radius 1 is 0.556 bits per heavy atom. The van der Waals surface area contributed by atoms with Gasteiger partial charge in [0.05, 0.1) is 13.2 Å². The van der Waals surface area contributed by atoms with Crippen molar-refractivity contribution in [2.24, 2.45) is 0 Å². The molecule has 163 valence electrons. The van der Waals surface area contributed by atoms with Crippen molar-refractivity contribution in [3.05, 3.63) is 0 Å². The summed E-state index contributed by atoms with van der Waals surface area (Å²) in [5, 5.41) is 104. The number of hydrogen-bond donors (Lipinski definition) is 12. The van der Waals surface area contributed by atoms with E-state index in [-0.39, 0.29) is 17.1 Å². The van der Waals surface area contributed by atoms with Crippen LogP contribution in [0.3, 0.4) is 0 Å². The number of rotatable bonds is 10. The fourth-order valence-electron chi connectivity index (χ4n) is 1.34. The van der Waals surface area contributed by atoms with Gasteiger partial charge in [0.2, 0.25) is 0 Å². The van der Waals surface area contributed by atoms with E-state index in [1.54, 1.807) is 0 Å². The molecule has 0 heterocycles. The Balaban J connectivity index is -0.000000411. The molecule has 1 radical (unpaired) electrons. The van der Waals surface area contributed by atoms with Gasteiger partial charge in [0.15, 0.2) is 12.2 Å². The van der Waals surface area contributed by atoms with Gasteiger partial charge in [-0.2, -0.15) is 0 Å². The SMILES string of the molecule is O=C(O)C(O)C(O)C(O)C(O)CO.O=C(O)C(O)C(O)C(O)C(O)CO.[Mn]. The normalized spacial score (nSPS) is 19.6. The van der Waals surface area contributed by atoms with Crippen LogP contribution in [0.5, 0.6) is 0 Å². The van der Waals surface area contributed by atoms with Crippen molar-refractivity contribution < 1.29 is 87.9 Å². The van der Waals surface area contributed by atoms with E-state index in [2.05, 4.69) is 0 Å². The Morgan fingerprint density at radius 2 is 0.778 bits per heavy atom. The Labute approximate surface area is 162 Å². The van der Waals surface area contributed by atoms with E-state index in [0.717, 1.165) is 0 Å². The van der Waals surface area contributed by atoms with Gasteiger partial charge in [-0.15, -0.1) is 0 Å². The third kappa shape index (κ3) is 10.8. The molecule has 15 heteroatoms. The first-order valence-corrected chi connectivity index (χ1v) is 6.95. The number of aliphatic hydroxyl groups is 10. The number of hydrogen-bond acceptors (Lipinski definition) is 12. The van der Waals surface area contributed by atoms with Crippen LogP contribution in [0, 0.1) is 0 Å². The van der Waals surface area contributed by atoms with E-state index < -0.39 is 74.0 Å². The second-order valence-electron chi connectivity index (χ2n) is 5.03. The average Bonchev–Trinajstić information content (AvgIpc) is 2.62. The standard InChI is InChI=1S/2C6H12O7.Mn/c2*7-1-2(8)3(9)4(10)5(11)6(12)13;/h2*2-5,7-11H,1H2,(H,12,13);. The van der Waals surface area contributed by atoms with E-state index >= 15 is 0 Å². The molecule has 0 saturated heterocycles. The zero-order valence-electron chi connectivity index (χ0n) is 13.6. The molecule has 0 aliphatic carbocycles. The molecule has 12 N–H and O–H groups in total. The summed E-state index contributed by atoms with van der Waals surface area (Å²) in [5.74, 6) is -3.45. The predicted octanol–water partition coefficient (Wildman–Crippen LogP) is -6.99. The van der Waals surface area contributed by atoms with Gasteiger partial charge in [0, 0.05) is 17.1 Å². The smallest absolute Gasteiger partial charge is 0.335 e. The van der Waals surface area contributed by atoms with Crippen LogP contribution >= 0.6 is 0 Å². The number of aliphatic hydroxyl groups excluding tert-OH is 10. The molecule has 0 bridgehead atoms. The molecule has 0 aliphatic heterocycles. The third-order valence-electron chi connectivity index (χ3n) is 3.02. The minimum atomic E-state index is -2.20. The van der Waals surface area contributed by atoms with Crippen LogP contribution in [-0.4, -0.2) is 135 Å². The summed E-state index contributed by atoms with van der Waals surface area (Å²) in [6.07, 6.45) is -15.7. The van der Waals surface area contributed by atoms with E-state index in [0.29, 0.717) is 0 Å². The van der Waals surface area contributed by atoms with E-state index in [9.17, 15) is 9.59 Å². The molecule has 0 saturated carbocycles. The van der Waals surface area contributed by atoms with Crippen LogP contribution in [0.15, 0.2) is 0 Å². The van der Waals surface area contributed by atoms with Gasteiger partial charge in [-0.05, 0) is 0 Å². The van der Waals surface area contributed by atoms with Gasteiger partial charge in [0.25, 0.3) is 0 Å². The van der Waals surface area contributed by atoms with Crippen LogP contribution in [0.2, 0.25) is 0 Å². The number of carbonyl (C=O) groups is 2. The number of carboxylic acid groups (broad SMARTS) is 2. The summed E-state index contributed by atoms with van der Waals surface area (Å²) in [7, 11) is 0. The Morgan fingerprint density at radius 3 is 0.926 bits per heavy atom. The average molecular weight is 447 g/mol. The summed E-state index contributed by atoms with van der Waals surface area (Å²) in [5.41, 5.74) is 0. The Hall–Kier alpha value is -0.941. The van der Waals surface area contributed by atoms with E-state index in [1.807, 2.05) is 0 Å². The van der Waals surface area contributed by atoms with Gasteiger partial charge < -0.3 is 61.3 Å². The number of carboxylic acids is 2. The second-order valence-corrected chi connectivity index (χ2v) is 5.03. The van der Waals surface area contributed by atoms with Gasteiger partial charge in [0.1, 0.15) is 36.6 Å². The first kappa shape index (κ1) is 30.8. The van der Waals surface area contributed by atoms with Crippen molar-refractivity contribution >= 4 is 11.9 Å². The fraction of sp³-hybridized carbons (Fsp3) is 0.833. The zero-order chi connectivity index (χ0) is 21.2. The molecule has 0 aromatic rings. The van der Waals surface area contributed by atoms with Gasteiger partial charge in [-0.3, -0.25) is 0 Å². The van der Waals surface area contributed by atoms with Crippen LogP contribution in [0.4, 0.5) is 0 Å². The molecule has 0 spiro atoms. The molecule has 0 aliphatic rings. The monoisotopic (exact) mass is 447 g/mol. The molecular weight excluding hydrogens is 423 g/mol. The van der Waals surface area contributed by atoms with Crippen molar-refractivity contribution in [2.45, 2.75) is 48.8 Å². The molecule has 0 fully saturated rings. The van der Waals surface area contributed by atoms with Crippen LogP contribution in [-0.2, 0) is 26.7 Å². The van der Waals surface area contributed by atoms with Crippen molar-refractivity contribution in [2.75, 3.05) is 13.2 Å². The minimum Gasteiger partial charge on any atom is -0.479 e. The van der Waals surface area contributed by atoms with Crippen LogP contribution in [0.25, 0.3) is 0 Å². The maximum atomic E-state index is 10.1. The van der Waals surface area contributed by atoms with Gasteiger partial charge >= 0.3 is 11.9 Å². The summed E-state index contributed by atoms with van der Waals surface area (Å²) in [6, 6.07) is 0. The minimum absolute atomic E-state index is 0. The third-order valence-corrected chi connectivity index (χ3v) is 3.02. The molecule has 14 nitrogen and oxygen atoms in total. The summed E-state index contributed by atoms with van der Waals surface area (Å²) in [4.78, 5) is 20.2. The van der Waals surface area contributed by atoms with Crippen molar-refractivity contribution in [3.8, 4) is 0 Å². The quantitative estimate of drug-likeness (QED) is 0.139. The Bertz CT molecular complexity index is 385. The molecule has 0 rings (SSSR count). The number of aliphatic carboxylic acids is 2. The summed E-state index contributed by atoms with van der Waals surface area (Å²) >= 11 is 0. The van der Waals surface area contributed by atoms with Gasteiger partial charge in [-0.1, -0.05) is 0 Å². The van der Waals surface area contributed by atoms with E-state index in [1.165, 1.54) is 0 Å². The molecule has 0 aromatic carbocycles. The molecule has 8 atom stereocenters. The Kier molecular flexibility index (Phi) is 17.1. The predicted molar refractivity (Wildman–Crippen MR) is 77.5 cm³/mol. The molecule has 27 heavy (non-hydrogen) atoms. The molecular formula is C12H24MnO14. The first-order chi connectivity index (χ1) is 11.8. The first-order valence-electron chi connectivity index (χ1n) is 6.95. The zero-order valence-corrected chi connectivity index (χ0v) is 14.8. The van der Waals surface area contributed by atoms with Crippen LogP contribution < -0.4 is 0 Å². The summed E-state index contributed by atoms with van der Waals surface area (Å²) < 4.78 is 0.